The lowest BCUT2D eigenvalue weighted by Crippen LogP contribution is -2.53. The van der Waals surface area contributed by atoms with Crippen molar-refractivity contribution in [2.24, 2.45) is 10.7 Å². The Morgan fingerprint density at radius 1 is 1.13 bits per heavy atom. The van der Waals surface area contributed by atoms with Crippen molar-refractivity contribution in [2.75, 3.05) is 45.9 Å². The number of carbonyl (C=O) groups is 1. The fourth-order valence-corrected chi connectivity index (χ4v) is 4.22. The summed E-state index contributed by atoms with van der Waals surface area (Å²) >= 11 is 0. The van der Waals surface area contributed by atoms with Crippen molar-refractivity contribution in [3.8, 4) is 0 Å². The fraction of sp³-hybridized carbons (Fsp3) is 0.652. The molecule has 2 heterocycles. The van der Waals surface area contributed by atoms with Gasteiger partial charge in [-0.2, -0.15) is 0 Å². The van der Waals surface area contributed by atoms with Crippen molar-refractivity contribution in [3.63, 3.8) is 0 Å². The molecular weight excluding hydrogens is 507 g/mol. The number of benzene rings is 1. The molecule has 1 amide bonds. The predicted molar refractivity (Wildman–Crippen MR) is 134 cm³/mol. The monoisotopic (exact) mass is 544 g/mol. The van der Waals surface area contributed by atoms with Crippen LogP contribution in [0.4, 0.5) is 4.79 Å². The summed E-state index contributed by atoms with van der Waals surface area (Å²) in [5.41, 5.74) is 8.49. The molecule has 2 saturated heterocycles. The Bertz CT molecular complexity index is 764. The Hall–Kier alpha value is -1.55. The van der Waals surface area contributed by atoms with Crippen LogP contribution in [-0.4, -0.2) is 73.4 Å². The fourth-order valence-electron chi connectivity index (χ4n) is 4.22. The van der Waals surface area contributed by atoms with E-state index in [1.807, 2.05) is 20.8 Å². The van der Waals surface area contributed by atoms with Gasteiger partial charge in [0.05, 0.1) is 6.54 Å². The molecule has 0 unspecified atom stereocenters. The maximum absolute atomic E-state index is 12.3. The van der Waals surface area contributed by atoms with E-state index in [-0.39, 0.29) is 35.5 Å². The summed E-state index contributed by atoms with van der Waals surface area (Å²) < 4.78 is 11.1. The van der Waals surface area contributed by atoms with Crippen molar-refractivity contribution in [1.29, 1.82) is 0 Å². The minimum absolute atomic E-state index is 0. The van der Waals surface area contributed by atoms with Crippen molar-refractivity contribution in [3.05, 3.63) is 35.4 Å². The van der Waals surface area contributed by atoms with Crippen LogP contribution in [0.15, 0.2) is 29.3 Å². The summed E-state index contributed by atoms with van der Waals surface area (Å²) in [5.74, 6) is 0.554. The largest absolute Gasteiger partial charge is 0.444 e. The topological polar surface area (TPSA) is 80.4 Å². The molecule has 3 rings (SSSR count). The minimum Gasteiger partial charge on any atom is -0.444 e. The number of carbonyl (C=O) groups excluding carboxylic acids is 1. The standard InChI is InChI=1S/C23H36N4O3.HI/c1-18-7-5-6-8-19(18)23(9-15-29-16-10-23)17-25-20(24)26-11-13-27(14-12-26)21(28)30-22(2,3)4;/h5-8H,9-17H2,1-4H3,(H2,24,25);1H. The first-order valence-corrected chi connectivity index (χ1v) is 10.9. The number of piperazine rings is 1. The van der Waals surface area contributed by atoms with E-state index in [0.717, 1.165) is 26.1 Å². The highest BCUT2D eigenvalue weighted by Gasteiger charge is 2.36. The zero-order chi connectivity index (χ0) is 21.8. The molecule has 1 aromatic carbocycles. The molecule has 0 radical (unpaired) electrons. The maximum atomic E-state index is 12.3. The van der Waals surface area contributed by atoms with Crippen LogP contribution in [-0.2, 0) is 14.9 Å². The lowest BCUT2D eigenvalue weighted by Gasteiger charge is -2.39. The first kappa shape index (κ1) is 25.7. The summed E-state index contributed by atoms with van der Waals surface area (Å²) in [6, 6.07) is 8.55. The molecule has 0 saturated carbocycles. The van der Waals surface area contributed by atoms with Crippen molar-refractivity contribution in [2.45, 2.75) is 51.6 Å². The minimum atomic E-state index is -0.484. The Kier molecular flexibility index (Phi) is 9.00. The van der Waals surface area contributed by atoms with Gasteiger partial charge in [0, 0.05) is 44.8 Å². The highest BCUT2D eigenvalue weighted by Crippen LogP contribution is 2.37. The number of guanidine groups is 1. The molecule has 31 heavy (non-hydrogen) atoms. The van der Waals surface area contributed by atoms with Gasteiger partial charge in [-0.15, -0.1) is 24.0 Å². The Balaban J connectivity index is 0.00000341. The Labute approximate surface area is 203 Å². The number of nitrogens with zero attached hydrogens (tertiary/aromatic N) is 3. The first-order chi connectivity index (χ1) is 14.2. The van der Waals surface area contributed by atoms with Gasteiger partial charge >= 0.3 is 6.09 Å². The predicted octanol–water partition coefficient (Wildman–Crippen LogP) is 3.53. The SMILES string of the molecule is Cc1ccccc1C1(CN=C(N)N2CCN(C(=O)OC(C)(C)C)CC2)CCOCC1.I. The van der Waals surface area contributed by atoms with Crippen LogP contribution in [0, 0.1) is 6.92 Å². The summed E-state index contributed by atoms with van der Waals surface area (Å²) in [6.07, 6.45) is 1.63. The van der Waals surface area contributed by atoms with Crippen LogP contribution >= 0.6 is 24.0 Å². The van der Waals surface area contributed by atoms with Gasteiger partial charge in [0.2, 0.25) is 0 Å². The molecule has 2 aliphatic rings. The second kappa shape index (κ2) is 10.8. The van der Waals surface area contributed by atoms with E-state index in [2.05, 4.69) is 36.1 Å². The lowest BCUT2D eigenvalue weighted by molar-refractivity contribution is 0.0186. The van der Waals surface area contributed by atoms with Crippen LogP contribution in [0.2, 0.25) is 0 Å². The van der Waals surface area contributed by atoms with Gasteiger partial charge in [0.15, 0.2) is 5.96 Å². The summed E-state index contributed by atoms with van der Waals surface area (Å²) in [6.45, 7) is 12.4. The lowest BCUT2D eigenvalue weighted by atomic mass is 9.72. The van der Waals surface area contributed by atoms with E-state index >= 15 is 0 Å². The average molecular weight is 544 g/mol. The van der Waals surface area contributed by atoms with Gasteiger partial charge in [0.1, 0.15) is 5.60 Å². The normalized spacial score (nSPS) is 19.5. The molecular formula is C23H37IN4O3. The molecule has 0 aliphatic carbocycles. The van der Waals surface area contributed by atoms with Crippen LogP contribution in [0.1, 0.15) is 44.7 Å². The van der Waals surface area contributed by atoms with E-state index in [1.165, 1.54) is 11.1 Å². The first-order valence-electron chi connectivity index (χ1n) is 10.9. The van der Waals surface area contributed by atoms with Crippen LogP contribution < -0.4 is 5.73 Å². The van der Waals surface area contributed by atoms with Crippen molar-refractivity contribution >= 4 is 36.0 Å². The van der Waals surface area contributed by atoms with Gasteiger partial charge in [-0.25, -0.2) is 4.79 Å². The summed E-state index contributed by atoms with van der Waals surface area (Å²) in [7, 11) is 0. The zero-order valence-electron chi connectivity index (χ0n) is 19.2. The number of aliphatic imine (C=N–C) groups is 1. The van der Waals surface area contributed by atoms with Gasteiger partial charge < -0.3 is 25.0 Å². The highest BCUT2D eigenvalue weighted by atomic mass is 127. The summed E-state index contributed by atoms with van der Waals surface area (Å²) in [4.78, 5) is 20.9. The third kappa shape index (κ3) is 6.71. The molecule has 174 valence electrons. The zero-order valence-corrected chi connectivity index (χ0v) is 21.6. The number of nitrogens with two attached hydrogens (primary N) is 1. The van der Waals surface area contributed by atoms with Crippen molar-refractivity contribution < 1.29 is 14.3 Å². The Morgan fingerprint density at radius 2 is 1.71 bits per heavy atom. The second-order valence-corrected chi connectivity index (χ2v) is 9.34. The third-order valence-electron chi connectivity index (χ3n) is 5.97. The van der Waals surface area contributed by atoms with Gasteiger partial charge in [0.25, 0.3) is 0 Å². The molecule has 0 spiro atoms. The Morgan fingerprint density at radius 3 is 2.29 bits per heavy atom. The number of halogens is 1. The molecule has 0 bridgehead atoms. The molecule has 2 fully saturated rings. The number of rotatable bonds is 3. The van der Waals surface area contributed by atoms with Gasteiger partial charge in [-0.05, 0) is 51.7 Å². The smallest absolute Gasteiger partial charge is 0.410 e. The number of ether oxygens (including phenoxy) is 2. The molecule has 2 N–H and O–H groups in total. The number of hydrogen-bond donors (Lipinski definition) is 1. The number of hydrogen-bond acceptors (Lipinski definition) is 4. The molecule has 0 atom stereocenters. The molecule has 8 heteroatoms. The second-order valence-electron chi connectivity index (χ2n) is 9.34. The third-order valence-corrected chi connectivity index (χ3v) is 5.97. The van der Waals surface area contributed by atoms with Gasteiger partial charge in [-0.3, -0.25) is 4.99 Å². The van der Waals surface area contributed by atoms with E-state index in [9.17, 15) is 4.79 Å². The molecule has 0 aromatic heterocycles. The van der Waals surface area contributed by atoms with Crippen LogP contribution in [0.3, 0.4) is 0 Å². The van der Waals surface area contributed by atoms with Crippen molar-refractivity contribution in [1.82, 2.24) is 9.80 Å². The van der Waals surface area contributed by atoms with E-state index in [0.29, 0.717) is 38.7 Å². The van der Waals surface area contributed by atoms with Crippen LogP contribution in [0.25, 0.3) is 0 Å². The molecule has 7 nitrogen and oxygen atoms in total. The number of aryl methyl sites for hydroxylation is 1. The highest BCUT2D eigenvalue weighted by molar-refractivity contribution is 14.0. The maximum Gasteiger partial charge on any atom is 0.410 e. The average Bonchev–Trinajstić information content (AvgIpc) is 2.72. The number of amides is 1. The van der Waals surface area contributed by atoms with E-state index in [4.69, 9.17) is 20.2 Å². The quantitative estimate of drug-likeness (QED) is 0.358. The summed E-state index contributed by atoms with van der Waals surface area (Å²) in [5, 5.41) is 0. The van der Waals surface area contributed by atoms with Gasteiger partial charge in [-0.1, -0.05) is 24.3 Å². The van der Waals surface area contributed by atoms with E-state index < -0.39 is 5.60 Å². The van der Waals surface area contributed by atoms with E-state index in [1.54, 1.807) is 4.90 Å². The molecule has 1 aromatic rings. The van der Waals surface area contributed by atoms with Crippen LogP contribution in [0.5, 0.6) is 0 Å². The molecule has 2 aliphatic heterocycles.